The average molecular weight is 517 g/mol. The second kappa shape index (κ2) is 8.11. The molecule has 2 N–H and O–H groups in total. The second-order valence-corrected chi connectivity index (χ2v) is 9.77. The molecule has 1 spiro atoms. The lowest BCUT2D eigenvalue weighted by Gasteiger charge is -2.55. The van der Waals surface area contributed by atoms with Crippen molar-refractivity contribution in [3.05, 3.63) is 17.4 Å². The highest BCUT2D eigenvalue weighted by Crippen LogP contribution is 2.50. The molecule has 4 aliphatic heterocycles. The maximum Gasteiger partial charge on any atom is 0.416 e. The maximum atomic E-state index is 16.2. The molecule has 3 saturated heterocycles. The van der Waals surface area contributed by atoms with Crippen LogP contribution >= 0.6 is 0 Å². The number of fused-ring (bicyclic) bond motifs is 5. The fraction of sp³-hybridized carbons (Fsp3) is 0.522. The number of morpholine rings is 1. The number of imide groups is 2. The predicted molar refractivity (Wildman–Crippen MR) is 122 cm³/mol. The van der Waals surface area contributed by atoms with Gasteiger partial charge in [-0.05, 0) is 25.5 Å². The highest BCUT2D eigenvalue weighted by atomic mass is 19.1. The number of methoxy groups -OCH3 is 1. The molecule has 5 amide bonds. The van der Waals surface area contributed by atoms with Crippen LogP contribution in [-0.2, 0) is 30.2 Å². The molecule has 4 aliphatic rings. The van der Waals surface area contributed by atoms with E-state index in [0.29, 0.717) is 5.56 Å². The molecule has 0 aliphatic carbocycles. The number of carbonyl (C=O) groups excluding carboxylic acids is 4. The van der Waals surface area contributed by atoms with Gasteiger partial charge in [-0.2, -0.15) is 0 Å². The van der Waals surface area contributed by atoms with Crippen molar-refractivity contribution in [1.29, 1.82) is 0 Å². The number of rotatable bonds is 3. The minimum absolute atomic E-state index is 0.0360. The highest BCUT2D eigenvalue weighted by Gasteiger charge is 2.63. The van der Waals surface area contributed by atoms with Gasteiger partial charge in [0.1, 0.15) is 6.61 Å². The van der Waals surface area contributed by atoms with E-state index in [-0.39, 0.29) is 54.8 Å². The quantitative estimate of drug-likeness (QED) is 0.560. The van der Waals surface area contributed by atoms with Crippen LogP contribution in [0.4, 0.5) is 25.5 Å². The van der Waals surface area contributed by atoms with Crippen LogP contribution in [0.15, 0.2) is 10.6 Å². The second-order valence-electron chi connectivity index (χ2n) is 9.77. The number of urea groups is 1. The molecule has 0 saturated carbocycles. The zero-order chi connectivity index (χ0) is 26.2. The van der Waals surface area contributed by atoms with E-state index in [1.807, 2.05) is 0 Å². The zero-order valence-electron chi connectivity index (χ0n) is 20.2. The van der Waals surface area contributed by atoms with E-state index < -0.39 is 53.4 Å². The summed E-state index contributed by atoms with van der Waals surface area (Å²) in [6.45, 7) is 3.88. The summed E-state index contributed by atoms with van der Waals surface area (Å²) in [5, 5.41) is 8.54. The summed E-state index contributed by atoms with van der Waals surface area (Å²) in [7, 11) is 1.48. The molecular weight excluding hydrogens is 493 g/mol. The van der Waals surface area contributed by atoms with Crippen molar-refractivity contribution in [2.45, 2.75) is 44.6 Å². The van der Waals surface area contributed by atoms with E-state index in [4.69, 9.17) is 18.7 Å². The van der Waals surface area contributed by atoms with Gasteiger partial charge in [-0.15, -0.1) is 0 Å². The Morgan fingerprint density at radius 3 is 2.65 bits per heavy atom. The summed E-state index contributed by atoms with van der Waals surface area (Å²) >= 11 is 0. The Hall–Kier alpha value is -3.78. The number of carbonyl (C=O) groups is 4. The SMILES string of the molecule is COC[C@@H]1COC(=O)N1c1noc2c(F)c3c(cc12)CC1(C(=O)NC(=O)NC1=O)[C@H]1[C@H](C)O[C@H](C)CN31. The van der Waals surface area contributed by atoms with Gasteiger partial charge < -0.3 is 23.6 Å². The van der Waals surface area contributed by atoms with Crippen molar-refractivity contribution >= 4 is 46.4 Å². The van der Waals surface area contributed by atoms with E-state index in [2.05, 4.69) is 15.8 Å². The Morgan fingerprint density at radius 2 is 1.95 bits per heavy atom. The van der Waals surface area contributed by atoms with Gasteiger partial charge in [0.25, 0.3) is 0 Å². The van der Waals surface area contributed by atoms with Crippen LogP contribution in [0.25, 0.3) is 11.0 Å². The van der Waals surface area contributed by atoms with E-state index >= 15 is 4.39 Å². The van der Waals surface area contributed by atoms with Crippen LogP contribution in [0, 0.1) is 11.2 Å². The number of nitrogens with zero attached hydrogens (tertiary/aromatic N) is 3. The smallest absolute Gasteiger partial charge is 0.416 e. The monoisotopic (exact) mass is 517 g/mol. The summed E-state index contributed by atoms with van der Waals surface area (Å²) in [5.74, 6) is -2.28. The number of ether oxygens (including phenoxy) is 3. The molecule has 0 bridgehead atoms. The van der Waals surface area contributed by atoms with E-state index in [1.54, 1.807) is 24.8 Å². The molecule has 13 nitrogen and oxygen atoms in total. The highest BCUT2D eigenvalue weighted by molar-refractivity contribution is 6.20. The Kier molecular flexibility index (Phi) is 5.18. The molecule has 0 radical (unpaired) electrons. The Morgan fingerprint density at radius 1 is 1.22 bits per heavy atom. The Bertz CT molecular complexity index is 1340. The number of benzene rings is 1. The predicted octanol–water partition coefficient (Wildman–Crippen LogP) is 0.829. The molecule has 1 aromatic carbocycles. The van der Waals surface area contributed by atoms with Gasteiger partial charge in [0.15, 0.2) is 17.1 Å². The lowest BCUT2D eigenvalue weighted by Crippen LogP contribution is -2.75. The van der Waals surface area contributed by atoms with Crippen LogP contribution in [0.1, 0.15) is 19.4 Å². The standard InChI is InChI=1S/C23H24FN5O8/c1-9-6-28-15-11(5-23(17(28)10(2)36-9)19(30)25-21(32)26-20(23)31)4-13-16(14(15)24)37-27-18(13)29-12(7-34-3)8-35-22(29)33/h4,9-10,12,17H,5-8H2,1-3H3,(H2,25,26,30,31,32)/t9-,10+,12-,17-/m1/s1. The van der Waals surface area contributed by atoms with Gasteiger partial charge >= 0.3 is 12.1 Å². The minimum atomic E-state index is -1.77. The summed E-state index contributed by atoms with van der Waals surface area (Å²) in [5.41, 5.74) is -1.48. The third-order valence-corrected chi connectivity index (χ3v) is 7.49. The van der Waals surface area contributed by atoms with E-state index in [9.17, 15) is 19.2 Å². The van der Waals surface area contributed by atoms with Crippen LogP contribution in [0.2, 0.25) is 0 Å². The van der Waals surface area contributed by atoms with Crippen LogP contribution in [0.3, 0.4) is 0 Å². The minimum Gasteiger partial charge on any atom is -0.447 e. The molecule has 37 heavy (non-hydrogen) atoms. The number of amides is 5. The fourth-order valence-corrected chi connectivity index (χ4v) is 6.15. The van der Waals surface area contributed by atoms with Crippen molar-refractivity contribution < 1.29 is 42.3 Å². The molecule has 0 unspecified atom stereocenters. The van der Waals surface area contributed by atoms with Gasteiger partial charge in [0.05, 0.1) is 42.0 Å². The third kappa shape index (κ3) is 3.18. The first-order valence-corrected chi connectivity index (χ1v) is 11.8. The molecule has 196 valence electrons. The topological polar surface area (TPSA) is 153 Å². The van der Waals surface area contributed by atoms with Crippen molar-refractivity contribution in [1.82, 2.24) is 15.8 Å². The fourth-order valence-electron chi connectivity index (χ4n) is 6.15. The summed E-state index contributed by atoms with van der Waals surface area (Å²) in [6, 6.07) is -0.773. The lowest BCUT2D eigenvalue weighted by molar-refractivity contribution is -0.153. The number of nitrogens with one attached hydrogen (secondary N) is 2. The number of aromatic nitrogens is 1. The molecule has 2 aromatic rings. The Balaban J connectivity index is 1.55. The average Bonchev–Trinajstić information content (AvgIpc) is 3.40. The van der Waals surface area contributed by atoms with Gasteiger partial charge in [-0.3, -0.25) is 20.2 Å². The van der Waals surface area contributed by atoms with Crippen molar-refractivity contribution in [2.75, 3.05) is 36.7 Å². The number of hydrogen-bond acceptors (Lipinski definition) is 10. The van der Waals surface area contributed by atoms with Crippen LogP contribution in [-0.4, -0.2) is 80.3 Å². The number of cyclic esters (lactones) is 1. The molecule has 6 rings (SSSR count). The van der Waals surface area contributed by atoms with Gasteiger partial charge in [0, 0.05) is 20.1 Å². The molecule has 14 heteroatoms. The van der Waals surface area contributed by atoms with Crippen LogP contribution in [0.5, 0.6) is 0 Å². The first kappa shape index (κ1) is 23.6. The summed E-state index contributed by atoms with van der Waals surface area (Å²) in [4.78, 5) is 54.0. The molecule has 5 heterocycles. The normalized spacial score (nSPS) is 28.8. The van der Waals surface area contributed by atoms with Crippen molar-refractivity contribution in [2.24, 2.45) is 5.41 Å². The Labute approximate surface area is 209 Å². The number of barbiturate groups is 1. The molecular formula is C23H24FN5O8. The van der Waals surface area contributed by atoms with E-state index in [1.165, 1.54) is 12.0 Å². The lowest BCUT2D eigenvalue weighted by atomic mass is 9.66. The van der Waals surface area contributed by atoms with Gasteiger partial charge in [-0.25, -0.2) is 18.9 Å². The molecule has 3 fully saturated rings. The number of anilines is 2. The van der Waals surface area contributed by atoms with E-state index in [0.717, 1.165) is 0 Å². The number of halogens is 1. The van der Waals surface area contributed by atoms with Gasteiger partial charge in [0.2, 0.25) is 17.4 Å². The zero-order valence-corrected chi connectivity index (χ0v) is 20.2. The summed E-state index contributed by atoms with van der Waals surface area (Å²) < 4.78 is 37.9. The largest absolute Gasteiger partial charge is 0.447 e. The van der Waals surface area contributed by atoms with Gasteiger partial charge in [-0.1, -0.05) is 5.16 Å². The van der Waals surface area contributed by atoms with Crippen LogP contribution < -0.4 is 20.4 Å². The van der Waals surface area contributed by atoms with Crippen molar-refractivity contribution in [3.63, 3.8) is 0 Å². The maximum absolute atomic E-state index is 16.2. The number of hydrogen-bond donors (Lipinski definition) is 2. The molecule has 4 atom stereocenters. The first-order valence-electron chi connectivity index (χ1n) is 11.8. The summed E-state index contributed by atoms with van der Waals surface area (Å²) in [6.07, 6.45) is -1.91. The molecule has 1 aromatic heterocycles. The first-order chi connectivity index (χ1) is 17.7. The van der Waals surface area contributed by atoms with Crippen molar-refractivity contribution in [3.8, 4) is 0 Å². The third-order valence-electron chi connectivity index (χ3n) is 7.49.